The normalized spacial score (nSPS) is 17.5. The third-order valence-corrected chi connectivity index (χ3v) is 6.68. The van der Waals surface area contributed by atoms with Gasteiger partial charge in [-0.1, -0.05) is 12.2 Å². The van der Waals surface area contributed by atoms with E-state index < -0.39 is 0 Å². The largest absolute Gasteiger partial charge is 0.381 e. The van der Waals surface area contributed by atoms with Crippen LogP contribution in [0.5, 0.6) is 0 Å². The van der Waals surface area contributed by atoms with E-state index in [2.05, 4.69) is 29.9 Å². The highest BCUT2D eigenvalue weighted by Crippen LogP contribution is 2.23. The highest BCUT2D eigenvalue weighted by Gasteiger charge is 2.22. The quantitative estimate of drug-likeness (QED) is 0.418. The maximum Gasteiger partial charge on any atom is 0.329 e. The van der Waals surface area contributed by atoms with Crippen LogP contribution in [0.15, 0.2) is 34.1 Å². The highest BCUT2D eigenvalue weighted by atomic mass is 16.5. The van der Waals surface area contributed by atoms with Gasteiger partial charge in [0.25, 0.3) is 0 Å². The Morgan fingerprint density at radius 2 is 1.13 bits per heavy atom. The Balaban J connectivity index is 0.000000155. The van der Waals surface area contributed by atoms with Gasteiger partial charge >= 0.3 is 11.4 Å². The molecule has 2 aliphatic rings. The molecule has 0 unspecified atom stereocenters. The lowest BCUT2D eigenvalue weighted by atomic mass is 10.1. The molecule has 0 amide bonds. The van der Waals surface area contributed by atoms with Gasteiger partial charge in [-0.2, -0.15) is 0 Å². The van der Waals surface area contributed by atoms with Crippen molar-refractivity contribution in [2.24, 2.45) is 0 Å². The van der Waals surface area contributed by atoms with Crippen molar-refractivity contribution in [1.29, 1.82) is 0 Å². The summed E-state index contributed by atoms with van der Waals surface area (Å²) in [4.78, 5) is 47.2. The van der Waals surface area contributed by atoms with E-state index >= 15 is 0 Å². The number of aromatic nitrogens is 8. The number of fused-ring (bicyclic) bond motifs is 2. The lowest BCUT2D eigenvalue weighted by Gasteiger charge is -2.22. The van der Waals surface area contributed by atoms with Crippen molar-refractivity contribution in [2.75, 3.05) is 26.4 Å². The lowest BCUT2D eigenvalue weighted by molar-refractivity contribution is 0.0695. The van der Waals surface area contributed by atoms with E-state index in [0.29, 0.717) is 49.0 Å². The van der Waals surface area contributed by atoms with Gasteiger partial charge in [0.2, 0.25) is 0 Å². The molecule has 0 saturated carbocycles. The molecule has 2 aliphatic heterocycles. The predicted molar refractivity (Wildman–Crippen MR) is 144 cm³/mol. The van der Waals surface area contributed by atoms with E-state index in [1.807, 2.05) is 38.2 Å². The van der Waals surface area contributed by atoms with E-state index in [-0.39, 0.29) is 23.5 Å². The summed E-state index contributed by atoms with van der Waals surface area (Å²) >= 11 is 0. The maximum atomic E-state index is 12.1. The van der Waals surface area contributed by atoms with Gasteiger partial charge in [0.1, 0.15) is 0 Å². The Kier molecular flexibility index (Phi) is 7.89. The maximum absolute atomic E-state index is 12.1. The molecule has 0 aromatic carbocycles. The van der Waals surface area contributed by atoms with Gasteiger partial charge < -0.3 is 9.47 Å². The van der Waals surface area contributed by atoms with Crippen molar-refractivity contribution in [3.8, 4) is 0 Å². The standard InChI is InChI=1S/2C13H16N4O2/c2*1-2-3-9-8-14-11-12(15-9)17(13(18)16-11)10-4-6-19-7-5-10/h2*2-3,8,10H,4-7H2,1H3,(H,14,16,18)/b2*3-2+. The zero-order chi connectivity index (χ0) is 26.5. The second-order valence-electron chi connectivity index (χ2n) is 9.22. The van der Waals surface area contributed by atoms with Crippen molar-refractivity contribution in [2.45, 2.75) is 51.6 Å². The summed E-state index contributed by atoms with van der Waals surface area (Å²) in [6.45, 7) is 6.60. The fraction of sp³-hybridized carbons (Fsp3) is 0.462. The molecule has 0 atom stereocenters. The number of allylic oxidation sites excluding steroid dienone is 2. The molecule has 2 fully saturated rings. The van der Waals surface area contributed by atoms with Crippen molar-refractivity contribution < 1.29 is 9.47 Å². The van der Waals surface area contributed by atoms with Gasteiger partial charge in [0, 0.05) is 38.5 Å². The van der Waals surface area contributed by atoms with Gasteiger partial charge in [0.15, 0.2) is 22.6 Å². The van der Waals surface area contributed by atoms with Crippen molar-refractivity contribution >= 4 is 34.7 Å². The van der Waals surface area contributed by atoms with E-state index in [9.17, 15) is 9.59 Å². The van der Waals surface area contributed by atoms with Crippen LogP contribution in [0, 0.1) is 0 Å². The van der Waals surface area contributed by atoms with Crippen LogP contribution in [0.4, 0.5) is 0 Å². The van der Waals surface area contributed by atoms with Crippen molar-refractivity contribution in [3.63, 3.8) is 0 Å². The third kappa shape index (κ3) is 5.36. The average Bonchev–Trinajstić information content (AvgIpc) is 3.44. The van der Waals surface area contributed by atoms with Gasteiger partial charge in [-0.05, 0) is 51.7 Å². The van der Waals surface area contributed by atoms with Crippen molar-refractivity contribution in [1.82, 2.24) is 39.0 Å². The summed E-state index contributed by atoms with van der Waals surface area (Å²) in [5.74, 6) is 0. The molecule has 6 heterocycles. The fourth-order valence-electron chi connectivity index (χ4n) is 4.88. The Labute approximate surface area is 218 Å². The zero-order valence-electron chi connectivity index (χ0n) is 21.6. The molecule has 2 saturated heterocycles. The number of aromatic amines is 2. The van der Waals surface area contributed by atoms with E-state index in [1.165, 1.54) is 0 Å². The molecule has 0 aliphatic carbocycles. The second kappa shape index (κ2) is 11.7. The number of nitrogens with zero attached hydrogens (tertiary/aromatic N) is 6. The van der Waals surface area contributed by atoms with Crippen molar-refractivity contribution in [3.05, 3.63) is 56.9 Å². The highest BCUT2D eigenvalue weighted by molar-refractivity contribution is 5.68. The molecule has 6 rings (SSSR count). The first-order chi connectivity index (χ1) is 18.6. The number of hydrogen-bond donors (Lipinski definition) is 2. The third-order valence-electron chi connectivity index (χ3n) is 6.68. The molecule has 2 N–H and O–H groups in total. The van der Waals surface area contributed by atoms with E-state index in [4.69, 9.17) is 9.47 Å². The molecule has 200 valence electrons. The van der Waals surface area contributed by atoms with E-state index in [1.54, 1.807) is 21.5 Å². The average molecular weight is 521 g/mol. The number of imidazole rings is 2. The molecule has 12 heteroatoms. The number of nitrogens with one attached hydrogen (secondary N) is 2. The van der Waals surface area contributed by atoms with E-state index in [0.717, 1.165) is 37.1 Å². The van der Waals surface area contributed by atoms with Gasteiger partial charge in [-0.3, -0.25) is 19.1 Å². The van der Waals surface area contributed by atoms with Gasteiger partial charge in [-0.25, -0.2) is 29.5 Å². The number of hydrogen-bond acceptors (Lipinski definition) is 8. The molecule has 0 bridgehead atoms. The zero-order valence-corrected chi connectivity index (χ0v) is 21.6. The predicted octanol–water partition coefficient (Wildman–Crippen LogP) is 3.01. The molecule has 0 spiro atoms. The number of ether oxygens (including phenoxy) is 2. The molecule has 4 aromatic heterocycles. The topological polar surface area (TPSA) is 146 Å². The minimum Gasteiger partial charge on any atom is -0.381 e. The first-order valence-electron chi connectivity index (χ1n) is 12.9. The molecule has 4 aromatic rings. The smallest absolute Gasteiger partial charge is 0.329 e. The van der Waals surface area contributed by atoms with Crippen LogP contribution in [0.1, 0.15) is 63.0 Å². The monoisotopic (exact) mass is 520 g/mol. The first-order valence-corrected chi connectivity index (χ1v) is 12.9. The minimum atomic E-state index is -0.139. The fourth-order valence-corrected chi connectivity index (χ4v) is 4.88. The lowest BCUT2D eigenvalue weighted by Crippen LogP contribution is -2.27. The SMILES string of the molecule is C/C=C/c1cnc2[nH]c(=O)n(C3CCOCC3)c2n1.C/C=C/c1cnc2[nH]c(=O)n(C3CCOCC3)c2n1. The van der Waals surface area contributed by atoms with Crippen LogP contribution in [0.3, 0.4) is 0 Å². The second-order valence-corrected chi connectivity index (χ2v) is 9.22. The molecular weight excluding hydrogens is 488 g/mol. The Hall–Kier alpha value is -3.90. The molecule has 12 nitrogen and oxygen atoms in total. The Morgan fingerprint density at radius 3 is 1.50 bits per heavy atom. The number of H-pyrrole nitrogens is 2. The van der Waals surface area contributed by atoms with Crippen LogP contribution >= 0.6 is 0 Å². The van der Waals surface area contributed by atoms with Crippen LogP contribution in [0.25, 0.3) is 34.7 Å². The first kappa shape index (κ1) is 25.7. The Bertz CT molecular complexity index is 1450. The summed E-state index contributed by atoms with van der Waals surface area (Å²) in [7, 11) is 0. The summed E-state index contributed by atoms with van der Waals surface area (Å²) in [6.07, 6.45) is 14.2. The Morgan fingerprint density at radius 1 is 0.737 bits per heavy atom. The number of rotatable bonds is 4. The van der Waals surface area contributed by atoms with Gasteiger partial charge in [0.05, 0.1) is 23.8 Å². The van der Waals surface area contributed by atoms with Crippen LogP contribution in [0.2, 0.25) is 0 Å². The summed E-state index contributed by atoms with van der Waals surface area (Å²) in [6, 6.07) is 0.287. The van der Waals surface area contributed by atoms with Gasteiger partial charge in [-0.15, -0.1) is 0 Å². The molecular formula is C26H32N8O4. The molecule has 38 heavy (non-hydrogen) atoms. The molecule has 0 radical (unpaired) electrons. The van der Waals surface area contributed by atoms with Crippen LogP contribution in [-0.4, -0.2) is 65.5 Å². The minimum absolute atomic E-state index is 0.139. The van der Waals surface area contributed by atoms with Crippen LogP contribution in [-0.2, 0) is 9.47 Å². The van der Waals surface area contributed by atoms with Crippen LogP contribution < -0.4 is 11.4 Å². The summed E-state index contributed by atoms with van der Waals surface area (Å²) in [5.41, 5.74) is 3.60. The summed E-state index contributed by atoms with van der Waals surface area (Å²) in [5, 5.41) is 0. The summed E-state index contributed by atoms with van der Waals surface area (Å²) < 4.78 is 14.1.